The summed E-state index contributed by atoms with van der Waals surface area (Å²) in [5, 5.41) is 4.35. The van der Waals surface area contributed by atoms with Gasteiger partial charge in [0.15, 0.2) is 0 Å². The van der Waals surface area contributed by atoms with Gasteiger partial charge in [0, 0.05) is 31.7 Å². The molecule has 0 aromatic carbocycles. The minimum absolute atomic E-state index is 0.467. The molecule has 1 N–H and O–H groups in total. The van der Waals surface area contributed by atoms with Crippen LogP contribution in [0, 0.1) is 0 Å². The van der Waals surface area contributed by atoms with Crippen molar-refractivity contribution in [3.63, 3.8) is 0 Å². The summed E-state index contributed by atoms with van der Waals surface area (Å²) in [6.45, 7) is 9.08. The van der Waals surface area contributed by atoms with E-state index in [1.54, 1.807) is 6.07 Å². The van der Waals surface area contributed by atoms with Crippen LogP contribution in [-0.2, 0) is 0 Å². The van der Waals surface area contributed by atoms with E-state index in [-0.39, 0.29) is 0 Å². The number of nitrogens with zero attached hydrogens (tertiary/aromatic N) is 3. The molecule has 0 saturated carbocycles. The average Bonchev–Trinajstić information content (AvgIpc) is 2.38. The summed E-state index contributed by atoms with van der Waals surface area (Å²) in [4.78, 5) is 9.24. The van der Waals surface area contributed by atoms with E-state index in [1.165, 1.54) is 0 Å². The Labute approximate surface area is 131 Å². The van der Waals surface area contributed by atoms with Crippen LogP contribution in [0.4, 0.5) is 11.6 Å². The highest BCUT2D eigenvalue weighted by Crippen LogP contribution is 2.33. The number of hydrogen-bond acceptors (Lipinski definition) is 4. The quantitative estimate of drug-likeness (QED) is 0.926. The molecular formula is C14H22Cl2N4. The monoisotopic (exact) mass is 316 g/mol. The molecule has 1 aliphatic heterocycles. The van der Waals surface area contributed by atoms with Gasteiger partial charge in [-0.25, -0.2) is 4.98 Å². The maximum Gasteiger partial charge on any atom is 0.150 e. The molecule has 6 heteroatoms. The van der Waals surface area contributed by atoms with E-state index in [1.807, 2.05) is 6.92 Å². The fourth-order valence-corrected chi connectivity index (χ4v) is 3.09. The first kappa shape index (κ1) is 15.7. The number of rotatable bonds is 3. The molecule has 0 aliphatic carbocycles. The van der Waals surface area contributed by atoms with Gasteiger partial charge in [-0.1, -0.05) is 23.2 Å². The SMILES string of the molecule is CCNc1nc(N2CC(C)N(C)C(C)C2)c(Cl)cc1Cl. The molecule has 0 bridgehead atoms. The second-order valence-corrected chi connectivity index (χ2v) is 6.24. The molecule has 1 fully saturated rings. The summed E-state index contributed by atoms with van der Waals surface area (Å²) in [5.41, 5.74) is 0. The second kappa shape index (κ2) is 6.37. The van der Waals surface area contributed by atoms with Crippen LogP contribution in [-0.4, -0.2) is 48.6 Å². The number of aromatic nitrogens is 1. The van der Waals surface area contributed by atoms with Gasteiger partial charge in [0.2, 0.25) is 0 Å². The first-order valence-electron chi connectivity index (χ1n) is 7.00. The van der Waals surface area contributed by atoms with Gasteiger partial charge in [-0.15, -0.1) is 0 Å². The highest BCUT2D eigenvalue weighted by Gasteiger charge is 2.28. The first-order valence-corrected chi connectivity index (χ1v) is 7.76. The van der Waals surface area contributed by atoms with Crippen LogP contribution in [0.1, 0.15) is 20.8 Å². The molecule has 2 atom stereocenters. The standard InChI is InChI=1S/C14H22Cl2N4/c1-5-17-13-11(15)6-12(16)14(18-13)20-7-9(2)19(4)10(3)8-20/h6,9-10H,5,7-8H2,1-4H3,(H,17,18). The van der Waals surface area contributed by atoms with Crippen LogP contribution in [0.3, 0.4) is 0 Å². The third-order valence-electron chi connectivity index (χ3n) is 3.91. The van der Waals surface area contributed by atoms with Gasteiger partial charge in [0.25, 0.3) is 0 Å². The maximum atomic E-state index is 6.34. The second-order valence-electron chi connectivity index (χ2n) is 5.42. The lowest BCUT2D eigenvalue weighted by Gasteiger charge is -2.43. The van der Waals surface area contributed by atoms with Gasteiger partial charge in [-0.2, -0.15) is 0 Å². The smallest absolute Gasteiger partial charge is 0.150 e. The van der Waals surface area contributed by atoms with Crippen molar-refractivity contribution < 1.29 is 0 Å². The van der Waals surface area contributed by atoms with Gasteiger partial charge < -0.3 is 10.2 Å². The van der Waals surface area contributed by atoms with Crippen molar-refractivity contribution in [3.05, 3.63) is 16.1 Å². The molecule has 20 heavy (non-hydrogen) atoms. The first-order chi connectivity index (χ1) is 9.43. The number of pyridine rings is 1. The molecule has 1 aromatic rings. The van der Waals surface area contributed by atoms with Gasteiger partial charge in [-0.3, -0.25) is 4.90 Å². The molecular weight excluding hydrogens is 295 g/mol. The number of anilines is 2. The summed E-state index contributed by atoms with van der Waals surface area (Å²) < 4.78 is 0. The number of hydrogen-bond donors (Lipinski definition) is 1. The Bertz CT molecular complexity index is 468. The van der Waals surface area contributed by atoms with Gasteiger partial charge in [-0.05, 0) is 33.9 Å². The van der Waals surface area contributed by atoms with Crippen molar-refractivity contribution in [2.45, 2.75) is 32.9 Å². The third-order valence-corrected chi connectivity index (χ3v) is 4.48. The zero-order chi connectivity index (χ0) is 14.9. The van der Waals surface area contributed by atoms with E-state index in [4.69, 9.17) is 23.2 Å². The van der Waals surface area contributed by atoms with E-state index >= 15 is 0 Å². The average molecular weight is 317 g/mol. The summed E-state index contributed by atoms with van der Waals surface area (Å²) in [6.07, 6.45) is 0. The zero-order valence-corrected chi connectivity index (χ0v) is 14.0. The number of nitrogens with one attached hydrogen (secondary N) is 1. The predicted octanol–water partition coefficient (Wildman–Crippen LogP) is 3.35. The minimum Gasteiger partial charge on any atom is -0.369 e. The van der Waals surface area contributed by atoms with Crippen molar-refractivity contribution in [1.82, 2.24) is 9.88 Å². The fraction of sp³-hybridized carbons (Fsp3) is 0.643. The topological polar surface area (TPSA) is 31.4 Å². The van der Waals surface area contributed by atoms with Crippen LogP contribution in [0.15, 0.2) is 6.07 Å². The normalized spacial score (nSPS) is 24.0. The molecule has 2 unspecified atom stereocenters. The molecule has 2 rings (SSSR count). The number of piperazine rings is 1. The Kier molecular flexibility index (Phi) is 4.99. The Morgan fingerprint density at radius 1 is 1.25 bits per heavy atom. The summed E-state index contributed by atoms with van der Waals surface area (Å²) in [5.74, 6) is 1.52. The molecule has 1 aliphatic rings. The molecule has 2 heterocycles. The van der Waals surface area contributed by atoms with Crippen LogP contribution in [0.2, 0.25) is 10.0 Å². The lowest BCUT2D eigenvalue weighted by Crippen LogP contribution is -2.55. The molecule has 112 valence electrons. The zero-order valence-electron chi connectivity index (χ0n) is 12.5. The molecule has 4 nitrogen and oxygen atoms in total. The third kappa shape index (κ3) is 3.13. The molecule has 0 radical (unpaired) electrons. The van der Waals surface area contributed by atoms with Gasteiger partial charge in [0.1, 0.15) is 11.6 Å². The highest BCUT2D eigenvalue weighted by atomic mass is 35.5. The molecule has 0 spiro atoms. The summed E-state index contributed by atoms with van der Waals surface area (Å²) in [6, 6.07) is 2.71. The number of halogens is 2. The van der Waals surface area contributed by atoms with E-state index in [9.17, 15) is 0 Å². The highest BCUT2D eigenvalue weighted by molar-refractivity contribution is 6.37. The van der Waals surface area contributed by atoms with E-state index in [0.29, 0.717) is 27.9 Å². The molecule has 0 amide bonds. The van der Waals surface area contributed by atoms with Crippen LogP contribution in [0.25, 0.3) is 0 Å². The van der Waals surface area contributed by atoms with Crippen molar-refractivity contribution in [1.29, 1.82) is 0 Å². The van der Waals surface area contributed by atoms with Crippen LogP contribution >= 0.6 is 23.2 Å². The van der Waals surface area contributed by atoms with Crippen LogP contribution < -0.4 is 10.2 Å². The molecule has 1 aromatic heterocycles. The van der Waals surface area contributed by atoms with Crippen molar-refractivity contribution in [2.75, 3.05) is 36.9 Å². The fourth-order valence-electron chi connectivity index (χ4n) is 2.55. The molecule has 1 saturated heterocycles. The summed E-state index contributed by atoms with van der Waals surface area (Å²) >= 11 is 12.5. The van der Waals surface area contributed by atoms with Gasteiger partial charge in [0.05, 0.1) is 10.0 Å². The predicted molar refractivity (Wildman–Crippen MR) is 87.3 cm³/mol. The largest absolute Gasteiger partial charge is 0.369 e. The lowest BCUT2D eigenvalue weighted by molar-refractivity contribution is 0.169. The van der Waals surface area contributed by atoms with E-state index < -0.39 is 0 Å². The Balaban J connectivity index is 2.30. The Hall–Kier alpha value is -0.710. The van der Waals surface area contributed by atoms with E-state index in [0.717, 1.165) is 25.5 Å². The summed E-state index contributed by atoms with van der Waals surface area (Å²) in [7, 11) is 2.16. The van der Waals surface area contributed by atoms with Crippen molar-refractivity contribution in [3.8, 4) is 0 Å². The maximum absolute atomic E-state index is 6.34. The minimum atomic E-state index is 0.467. The lowest BCUT2D eigenvalue weighted by atomic mass is 10.1. The Morgan fingerprint density at radius 3 is 2.40 bits per heavy atom. The van der Waals surface area contributed by atoms with E-state index in [2.05, 4.69) is 41.0 Å². The number of likely N-dealkylation sites (N-methyl/N-ethyl adjacent to an activating group) is 1. The van der Waals surface area contributed by atoms with Crippen LogP contribution in [0.5, 0.6) is 0 Å². The van der Waals surface area contributed by atoms with Crippen molar-refractivity contribution >= 4 is 34.8 Å². The Morgan fingerprint density at radius 2 is 1.85 bits per heavy atom. The van der Waals surface area contributed by atoms with Crippen molar-refractivity contribution in [2.24, 2.45) is 0 Å². The van der Waals surface area contributed by atoms with Gasteiger partial charge >= 0.3 is 0 Å².